The van der Waals surface area contributed by atoms with Crippen molar-refractivity contribution in [3.8, 4) is 22.6 Å². The van der Waals surface area contributed by atoms with Gasteiger partial charge >= 0.3 is 0 Å². The molecular formula is C19H27N5O2. The van der Waals surface area contributed by atoms with Crippen molar-refractivity contribution >= 4 is 11.8 Å². The van der Waals surface area contributed by atoms with E-state index in [0.717, 1.165) is 41.2 Å². The monoisotopic (exact) mass is 357 g/mol. The highest BCUT2D eigenvalue weighted by Crippen LogP contribution is 2.39. The first-order valence-corrected chi connectivity index (χ1v) is 8.76. The van der Waals surface area contributed by atoms with Crippen molar-refractivity contribution in [3.05, 3.63) is 23.9 Å². The molecule has 3 N–H and O–H groups in total. The first-order chi connectivity index (χ1) is 12.4. The molecule has 26 heavy (non-hydrogen) atoms. The number of nitrogen functional groups attached to an aromatic ring is 1. The van der Waals surface area contributed by atoms with Gasteiger partial charge in [-0.05, 0) is 51.6 Å². The summed E-state index contributed by atoms with van der Waals surface area (Å²) in [4.78, 5) is 10.8. The predicted octanol–water partition coefficient (Wildman–Crippen LogP) is 2.56. The molecule has 0 amide bonds. The summed E-state index contributed by atoms with van der Waals surface area (Å²) in [6.45, 7) is 1.92. The third-order valence-corrected chi connectivity index (χ3v) is 4.89. The van der Waals surface area contributed by atoms with Crippen LogP contribution in [0.15, 0.2) is 18.2 Å². The van der Waals surface area contributed by atoms with E-state index in [1.807, 2.05) is 32.2 Å². The summed E-state index contributed by atoms with van der Waals surface area (Å²) in [6, 6.07) is 6.47. The van der Waals surface area contributed by atoms with Gasteiger partial charge in [0.15, 0.2) is 11.5 Å². The number of nitrogens with zero attached hydrogens (tertiary/aromatic N) is 3. The van der Waals surface area contributed by atoms with Crippen LogP contribution in [0.1, 0.15) is 18.5 Å². The highest BCUT2D eigenvalue weighted by molar-refractivity contribution is 5.79. The van der Waals surface area contributed by atoms with Crippen LogP contribution in [0, 0.1) is 6.92 Å². The maximum absolute atomic E-state index is 6.21. The number of methoxy groups -OCH3 is 1. The SMILES string of the molecule is CNc1nc(N)nc(C)c1-c1ccc(OC)c(O[C@H]2C[C@H](N(C)C)C2)c1. The standard InChI is InChI=1S/C19H27N5O2/c1-11-17(18(21-2)23-19(20)22-11)12-6-7-15(25-5)16(8-12)26-14-9-13(10-14)24(3)4/h6-8,13-14H,9-10H2,1-5H3,(H3,20,21,22,23)/t13-,14-. The summed E-state index contributed by atoms with van der Waals surface area (Å²) in [5.74, 6) is 2.42. The minimum absolute atomic E-state index is 0.207. The Bertz CT molecular complexity index is 788. The van der Waals surface area contributed by atoms with Crippen LogP contribution in [0.2, 0.25) is 0 Å². The van der Waals surface area contributed by atoms with Gasteiger partial charge in [-0.2, -0.15) is 4.98 Å². The molecule has 140 valence electrons. The number of nitrogens with one attached hydrogen (secondary N) is 1. The van der Waals surface area contributed by atoms with E-state index in [0.29, 0.717) is 11.9 Å². The predicted molar refractivity (Wildman–Crippen MR) is 104 cm³/mol. The average molecular weight is 357 g/mol. The second-order valence-electron chi connectivity index (χ2n) is 6.84. The van der Waals surface area contributed by atoms with Crippen LogP contribution in [-0.4, -0.2) is 55.3 Å². The Morgan fingerprint density at radius 2 is 1.92 bits per heavy atom. The van der Waals surface area contributed by atoms with Crippen molar-refractivity contribution in [1.82, 2.24) is 14.9 Å². The number of hydrogen-bond donors (Lipinski definition) is 2. The fourth-order valence-corrected chi connectivity index (χ4v) is 3.28. The highest BCUT2D eigenvalue weighted by atomic mass is 16.5. The maximum atomic E-state index is 6.21. The zero-order chi connectivity index (χ0) is 18.8. The van der Waals surface area contributed by atoms with Gasteiger partial charge < -0.3 is 25.4 Å². The molecule has 1 fully saturated rings. The van der Waals surface area contributed by atoms with Gasteiger partial charge in [-0.15, -0.1) is 0 Å². The van der Waals surface area contributed by atoms with E-state index in [1.54, 1.807) is 7.11 Å². The number of rotatable bonds is 6. The Morgan fingerprint density at radius 1 is 1.19 bits per heavy atom. The van der Waals surface area contributed by atoms with E-state index in [4.69, 9.17) is 15.2 Å². The number of anilines is 2. The Labute approximate surface area is 154 Å². The van der Waals surface area contributed by atoms with E-state index in [-0.39, 0.29) is 12.1 Å². The van der Waals surface area contributed by atoms with Crippen LogP contribution in [0.4, 0.5) is 11.8 Å². The van der Waals surface area contributed by atoms with E-state index in [1.165, 1.54) is 0 Å². The topological polar surface area (TPSA) is 85.5 Å². The molecule has 1 aromatic heterocycles. The zero-order valence-electron chi connectivity index (χ0n) is 16.0. The van der Waals surface area contributed by atoms with E-state index < -0.39 is 0 Å². The van der Waals surface area contributed by atoms with E-state index in [2.05, 4.69) is 34.3 Å². The molecule has 0 atom stereocenters. The molecule has 1 aromatic carbocycles. The van der Waals surface area contributed by atoms with Crippen LogP contribution < -0.4 is 20.5 Å². The second-order valence-corrected chi connectivity index (χ2v) is 6.84. The van der Waals surface area contributed by atoms with Crippen LogP contribution in [0.5, 0.6) is 11.5 Å². The van der Waals surface area contributed by atoms with Crippen molar-refractivity contribution < 1.29 is 9.47 Å². The molecule has 0 saturated heterocycles. The minimum atomic E-state index is 0.207. The number of hydrogen-bond acceptors (Lipinski definition) is 7. The van der Waals surface area contributed by atoms with Gasteiger partial charge in [-0.1, -0.05) is 6.07 Å². The summed E-state index contributed by atoms with van der Waals surface area (Å²) in [6.07, 6.45) is 2.25. The van der Waals surface area contributed by atoms with Gasteiger partial charge in [0, 0.05) is 18.7 Å². The van der Waals surface area contributed by atoms with Gasteiger partial charge in [-0.25, -0.2) is 4.98 Å². The van der Waals surface area contributed by atoms with Gasteiger partial charge in [0.2, 0.25) is 5.95 Å². The molecule has 0 aliphatic heterocycles. The Morgan fingerprint density at radius 3 is 2.54 bits per heavy atom. The van der Waals surface area contributed by atoms with Crippen molar-refractivity contribution in [2.24, 2.45) is 0 Å². The van der Waals surface area contributed by atoms with Crippen molar-refractivity contribution in [2.75, 3.05) is 39.3 Å². The summed E-state index contributed by atoms with van der Waals surface area (Å²) in [7, 11) is 7.68. The minimum Gasteiger partial charge on any atom is -0.493 e. The van der Waals surface area contributed by atoms with Gasteiger partial charge in [-0.3, -0.25) is 0 Å². The van der Waals surface area contributed by atoms with Crippen molar-refractivity contribution in [3.63, 3.8) is 0 Å². The summed E-state index contributed by atoms with van der Waals surface area (Å²) < 4.78 is 11.7. The van der Waals surface area contributed by atoms with Crippen molar-refractivity contribution in [1.29, 1.82) is 0 Å². The third-order valence-electron chi connectivity index (χ3n) is 4.89. The Balaban J connectivity index is 1.91. The van der Waals surface area contributed by atoms with Crippen LogP contribution in [0.3, 0.4) is 0 Å². The molecule has 2 aromatic rings. The van der Waals surface area contributed by atoms with Crippen molar-refractivity contribution in [2.45, 2.75) is 31.9 Å². The molecule has 1 aliphatic rings. The molecule has 1 saturated carbocycles. The quantitative estimate of drug-likeness (QED) is 0.822. The third kappa shape index (κ3) is 3.53. The molecule has 7 nitrogen and oxygen atoms in total. The molecule has 0 radical (unpaired) electrons. The van der Waals surface area contributed by atoms with E-state index >= 15 is 0 Å². The lowest BCUT2D eigenvalue weighted by Crippen LogP contribution is -2.46. The maximum Gasteiger partial charge on any atom is 0.222 e. The summed E-state index contributed by atoms with van der Waals surface area (Å²) in [5, 5.41) is 3.10. The normalized spacial score (nSPS) is 19.2. The summed E-state index contributed by atoms with van der Waals surface area (Å²) >= 11 is 0. The Kier molecular flexibility index (Phi) is 5.18. The lowest BCUT2D eigenvalue weighted by molar-refractivity contribution is 0.0383. The summed E-state index contributed by atoms with van der Waals surface area (Å²) in [5.41, 5.74) is 8.46. The molecule has 7 heteroatoms. The number of ether oxygens (including phenoxy) is 2. The number of aryl methyl sites for hydroxylation is 1. The highest BCUT2D eigenvalue weighted by Gasteiger charge is 2.33. The zero-order valence-corrected chi connectivity index (χ0v) is 16.0. The fraction of sp³-hybridized carbons (Fsp3) is 0.474. The average Bonchev–Trinajstić information content (AvgIpc) is 2.56. The molecule has 0 unspecified atom stereocenters. The first kappa shape index (κ1) is 18.3. The van der Waals surface area contributed by atoms with Gasteiger partial charge in [0.1, 0.15) is 11.9 Å². The first-order valence-electron chi connectivity index (χ1n) is 8.76. The van der Waals surface area contributed by atoms with Crippen LogP contribution in [-0.2, 0) is 0 Å². The Hall–Kier alpha value is -2.54. The molecule has 1 heterocycles. The lowest BCUT2D eigenvalue weighted by atomic mass is 9.88. The molecule has 1 aliphatic carbocycles. The molecular weight excluding hydrogens is 330 g/mol. The number of aromatic nitrogens is 2. The van der Waals surface area contributed by atoms with Crippen LogP contribution in [0.25, 0.3) is 11.1 Å². The second kappa shape index (κ2) is 7.37. The van der Waals surface area contributed by atoms with Gasteiger partial charge in [0.25, 0.3) is 0 Å². The number of benzene rings is 1. The fourth-order valence-electron chi connectivity index (χ4n) is 3.28. The lowest BCUT2D eigenvalue weighted by Gasteiger charge is -2.39. The van der Waals surface area contributed by atoms with E-state index in [9.17, 15) is 0 Å². The van der Waals surface area contributed by atoms with Crippen LogP contribution >= 0.6 is 0 Å². The largest absolute Gasteiger partial charge is 0.493 e. The van der Waals surface area contributed by atoms with Gasteiger partial charge in [0.05, 0.1) is 12.8 Å². The smallest absolute Gasteiger partial charge is 0.222 e. The molecule has 0 bridgehead atoms. The molecule has 3 rings (SSSR count). The number of nitrogens with two attached hydrogens (primary N) is 1. The molecule has 0 spiro atoms.